The van der Waals surface area contributed by atoms with Crippen molar-refractivity contribution in [2.45, 2.75) is 19.1 Å². The van der Waals surface area contributed by atoms with Crippen molar-refractivity contribution in [2.24, 2.45) is 5.73 Å². The summed E-state index contributed by atoms with van der Waals surface area (Å²) in [6, 6.07) is 6.66. The Morgan fingerprint density at radius 3 is 2.42 bits per heavy atom. The highest BCUT2D eigenvalue weighted by molar-refractivity contribution is 9.10. The molecule has 0 saturated carbocycles. The summed E-state index contributed by atoms with van der Waals surface area (Å²) in [6.45, 7) is 1.70. The molecule has 0 spiro atoms. The van der Waals surface area contributed by atoms with Gasteiger partial charge in [-0.3, -0.25) is 0 Å². The summed E-state index contributed by atoms with van der Waals surface area (Å²) >= 11 is 3.04. The van der Waals surface area contributed by atoms with Crippen LogP contribution in [0.25, 0.3) is 11.3 Å². The summed E-state index contributed by atoms with van der Waals surface area (Å²) in [4.78, 5) is 0. The molecule has 1 unspecified atom stereocenters. The molecule has 1 atom stereocenters. The normalized spacial score (nSPS) is 13.6. The predicted molar refractivity (Wildman–Crippen MR) is 69.4 cm³/mol. The maximum Gasteiger partial charge on any atom is 0.417 e. The summed E-state index contributed by atoms with van der Waals surface area (Å²) in [5, 5.41) is 0. The van der Waals surface area contributed by atoms with E-state index < -0.39 is 11.7 Å². The lowest BCUT2D eigenvalue weighted by atomic mass is 10.1. The second-order valence-electron chi connectivity index (χ2n) is 4.18. The molecule has 2 nitrogen and oxygen atoms in total. The smallest absolute Gasteiger partial charge is 0.417 e. The third kappa shape index (κ3) is 3.01. The highest BCUT2D eigenvalue weighted by Gasteiger charge is 2.34. The first-order valence-electron chi connectivity index (χ1n) is 5.51. The minimum absolute atomic E-state index is 0.00241. The zero-order valence-corrected chi connectivity index (χ0v) is 11.5. The quantitative estimate of drug-likeness (QED) is 0.861. The molecular formula is C13H11BrF3NO. The molecule has 0 aliphatic heterocycles. The fourth-order valence-corrected chi connectivity index (χ4v) is 2.07. The van der Waals surface area contributed by atoms with Crippen LogP contribution in [-0.4, -0.2) is 0 Å². The molecule has 0 saturated heterocycles. The standard InChI is InChI=1S/C13H11BrF3NO/c1-7(18)11-4-5-12(19-11)9-3-2-8(14)6-10(9)13(15,16)17/h2-7H,18H2,1H3. The summed E-state index contributed by atoms with van der Waals surface area (Å²) in [7, 11) is 0. The molecule has 0 radical (unpaired) electrons. The number of alkyl halides is 3. The van der Waals surface area contributed by atoms with Gasteiger partial charge in [0.1, 0.15) is 11.5 Å². The van der Waals surface area contributed by atoms with E-state index >= 15 is 0 Å². The molecule has 0 bridgehead atoms. The molecule has 2 N–H and O–H groups in total. The maximum atomic E-state index is 13.0. The lowest BCUT2D eigenvalue weighted by Gasteiger charge is -2.11. The summed E-state index contributed by atoms with van der Waals surface area (Å²) in [5.41, 5.74) is 4.89. The zero-order valence-electron chi connectivity index (χ0n) is 9.96. The van der Waals surface area contributed by atoms with Crippen LogP contribution in [-0.2, 0) is 6.18 Å². The second-order valence-corrected chi connectivity index (χ2v) is 5.09. The van der Waals surface area contributed by atoms with Crippen LogP contribution >= 0.6 is 15.9 Å². The molecule has 0 fully saturated rings. The van der Waals surface area contributed by atoms with Gasteiger partial charge in [-0.2, -0.15) is 13.2 Å². The first-order valence-corrected chi connectivity index (χ1v) is 6.31. The number of hydrogen-bond donors (Lipinski definition) is 1. The second kappa shape index (κ2) is 5.02. The van der Waals surface area contributed by atoms with Crippen LogP contribution in [0.3, 0.4) is 0 Å². The van der Waals surface area contributed by atoms with Gasteiger partial charge in [0.2, 0.25) is 0 Å². The van der Waals surface area contributed by atoms with Gasteiger partial charge in [-0.05, 0) is 37.3 Å². The van der Waals surface area contributed by atoms with Crippen molar-refractivity contribution in [1.29, 1.82) is 0 Å². The Labute approximate surface area is 116 Å². The number of benzene rings is 1. The Hall–Kier alpha value is -1.27. The molecule has 0 amide bonds. The van der Waals surface area contributed by atoms with E-state index in [0.717, 1.165) is 6.07 Å². The van der Waals surface area contributed by atoms with Gasteiger partial charge in [-0.15, -0.1) is 0 Å². The van der Waals surface area contributed by atoms with E-state index in [9.17, 15) is 13.2 Å². The topological polar surface area (TPSA) is 39.2 Å². The minimum Gasteiger partial charge on any atom is -0.459 e. The Balaban J connectivity index is 2.55. The molecule has 2 aromatic rings. The van der Waals surface area contributed by atoms with Gasteiger partial charge >= 0.3 is 6.18 Å². The van der Waals surface area contributed by atoms with Crippen LogP contribution in [0.2, 0.25) is 0 Å². The third-order valence-electron chi connectivity index (χ3n) is 2.63. The van der Waals surface area contributed by atoms with E-state index in [1.807, 2.05) is 0 Å². The van der Waals surface area contributed by atoms with Crippen molar-refractivity contribution in [3.63, 3.8) is 0 Å². The Morgan fingerprint density at radius 1 is 1.21 bits per heavy atom. The van der Waals surface area contributed by atoms with Crippen LogP contribution in [0.4, 0.5) is 13.2 Å². The van der Waals surface area contributed by atoms with Crippen molar-refractivity contribution in [3.05, 3.63) is 46.1 Å². The number of hydrogen-bond acceptors (Lipinski definition) is 2. The number of rotatable bonds is 2. The van der Waals surface area contributed by atoms with Gasteiger partial charge in [-0.25, -0.2) is 0 Å². The third-order valence-corrected chi connectivity index (χ3v) is 3.12. The van der Waals surface area contributed by atoms with E-state index in [-0.39, 0.29) is 17.4 Å². The lowest BCUT2D eigenvalue weighted by Crippen LogP contribution is -2.07. The van der Waals surface area contributed by atoms with E-state index in [2.05, 4.69) is 15.9 Å². The fourth-order valence-electron chi connectivity index (χ4n) is 1.71. The van der Waals surface area contributed by atoms with Crippen molar-refractivity contribution >= 4 is 15.9 Å². The SMILES string of the molecule is CC(N)c1ccc(-c2ccc(Br)cc2C(F)(F)F)o1. The molecule has 102 valence electrons. The maximum absolute atomic E-state index is 13.0. The zero-order chi connectivity index (χ0) is 14.2. The van der Waals surface area contributed by atoms with Gasteiger partial charge < -0.3 is 10.2 Å². The number of furan rings is 1. The van der Waals surface area contributed by atoms with Crippen molar-refractivity contribution < 1.29 is 17.6 Å². The number of halogens is 4. The van der Waals surface area contributed by atoms with E-state index in [4.69, 9.17) is 10.2 Å². The monoisotopic (exact) mass is 333 g/mol. The summed E-state index contributed by atoms with van der Waals surface area (Å²) in [5.74, 6) is 0.609. The Kier molecular flexibility index (Phi) is 3.73. The van der Waals surface area contributed by atoms with Gasteiger partial charge in [0.05, 0.1) is 11.6 Å². The predicted octanol–water partition coefficient (Wildman–Crippen LogP) is 4.75. The average molecular weight is 334 g/mol. The molecular weight excluding hydrogens is 323 g/mol. The highest BCUT2D eigenvalue weighted by atomic mass is 79.9. The molecule has 1 heterocycles. The molecule has 6 heteroatoms. The first kappa shape index (κ1) is 14.1. The van der Waals surface area contributed by atoms with Crippen LogP contribution in [0.5, 0.6) is 0 Å². The summed E-state index contributed by atoms with van der Waals surface area (Å²) in [6.07, 6.45) is -4.44. The average Bonchev–Trinajstić information content (AvgIpc) is 2.77. The van der Waals surface area contributed by atoms with Crippen molar-refractivity contribution in [3.8, 4) is 11.3 Å². The summed E-state index contributed by atoms with van der Waals surface area (Å²) < 4.78 is 44.7. The molecule has 0 aliphatic carbocycles. The van der Waals surface area contributed by atoms with E-state index in [1.165, 1.54) is 12.1 Å². The fraction of sp³-hybridized carbons (Fsp3) is 0.231. The van der Waals surface area contributed by atoms with Crippen molar-refractivity contribution in [1.82, 2.24) is 0 Å². The lowest BCUT2D eigenvalue weighted by molar-refractivity contribution is -0.137. The van der Waals surface area contributed by atoms with E-state index in [0.29, 0.717) is 10.2 Å². The van der Waals surface area contributed by atoms with Gasteiger partial charge in [0.25, 0.3) is 0 Å². The largest absolute Gasteiger partial charge is 0.459 e. The van der Waals surface area contributed by atoms with Crippen LogP contribution in [0, 0.1) is 0 Å². The van der Waals surface area contributed by atoms with Crippen LogP contribution in [0.1, 0.15) is 24.3 Å². The Morgan fingerprint density at radius 2 is 1.89 bits per heavy atom. The molecule has 1 aromatic heterocycles. The van der Waals surface area contributed by atoms with Gasteiger partial charge in [0, 0.05) is 10.0 Å². The molecule has 19 heavy (non-hydrogen) atoms. The molecule has 2 rings (SSSR count). The highest BCUT2D eigenvalue weighted by Crippen LogP contribution is 2.39. The van der Waals surface area contributed by atoms with Crippen LogP contribution in [0.15, 0.2) is 39.2 Å². The van der Waals surface area contributed by atoms with E-state index in [1.54, 1.807) is 19.1 Å². The minimum atomic E-state index is -4.44. The first-order chi connectivity index (χ1) is 8.79. The Bertz CT molecular complexity index is 590. The van der Waals surface area contributed by atoms with Crippen molar-refractivity contribution in [2.75, 3.05) is 0 Å². The number of nitrogens with two attached hydrogens (primary N) is 1. The van der Waals surface area contributed by atoms with Gasteiger partial charge in [0.15, 0.2) is 0 Å². The van der Waals surface area contributed by atoms with Gasteiger partial charge in [-0.1, -0.05) is 15.9 Å². The molecule has 0 aliphatic rings. The van der Waals surface area contributed by atoms with Crippen LogP contribution < -0.4 is 5.73 Å². The molecule has 1 aromatic carbocycles.